The number of fused-ring (bicyclic) bond motifs is 1. The molecule has 2 atom stereocenters. The first kappa shape index (κ1) is 11.0. The molecule has 0 saturated heterocycles. The average molecular weight is 221 g/mol. The van der Waals surface area contributed by atoms with Gasteiger partial charge in [-0.1, -0.05) is 39.0 Å². The Morgan fingerprint density at radius 3 is 2.80 bits per heavy atom. The lowest BCUT2D eigenvalue weighted by Crippen LogP contribution is -2.26. The van der Waals surface area contributed by atoms with Crippen LogP contribution in [0, 0.1) is 0 Å². The molecule has 2 unspecified atom stereocenters. The van der Waals surface area contributed by atoms with Crippen molar-refractivity contribution in [1.29, 1.82) is 0 Å². The van der Waals surface area contributed by atoms with E-state index in [1.54, 1.807) is 0 Å². The van der Waals surface area contributed by atoms with Crippen LogP contribution in [0.15, 0.2) is 18.2 Å². The molecule has 0 amide bonds. The van der Waals surface area contributed by atoms with Gasteiger partial charge >= 0.3 is 0 Å². The molecule has 0 aromatic heterocycles. The first-order valence-electron chi connectivity index (χ1n) is 5.59. The number of thioether (sulfide) groups is 1. The van der Waals surface area contributed by atoms with E-state index < -0.39 is 0 Å². The molecule has 1 aromatic rings. The van der Waals surface area contributed by atoms with E-state index in [2.05, 4.69) is 39.0 Å². The van der Waals surface area contributed by atoms with Crippen LogP contribution in [0.5, 0.6) is 0 Å². The van der Waals surface area contributed by atoms with Crippen LogP contribution < -0.4 is 5.73 Å². The second-order valence-corrected chi connectivity index (χ2v) is 6.02. The molecule has 1 aliphatic rings. The Morgan fingerprint density at radius 1 is 1.40 bits per heavy atom. The first-order chi connectivity index (χ1) is 7.09. The summed E-state index contributed by atoms with van der Waals surface area (Å²) in [5.74, 6) is 1.70. The summed E-state index contributed by atoms with van der Waals surface area (Å²) in [6.07, 6.45) is 0. The summed E-state index contributed by atoms with van der Waals surface area (Å²) in [6.45, 7) is 6.68. The number of nitrogens with two attached hydrogens (primary N) is 1. The molecule has 1 heterocycles. The SMILES string of the molecule is CC(C)c1ccc2c(c1)C(N)C(C)SC2. The second-order valence-electron chi connectivity index (χ2n) is 4.65. The Bertz CT molecular complexity index is 360. The van der Waals surface area contributed by atoms with E-state index in [1.807, 2.05) is 11.8 Å². The Balaban J connectivity index is 2.41. The van der Waals surface area contributed by atoms with Crippen LogP contribution in [0.4, 0.5) is 0 Å². The zero-order chi connectivity index (χ0) is 11.0. The molecule has 2 rings (SSSR count). The fraction of sp³-hybridized carbons (Fsp3) is 0.538. The summed E-state index contributed by atoms with van der Waals surface area (Å²) >= 11 is 1.96. The molecular formula is C13H19NS. The highest BCUT2D eigenvalue weighted by atomic mass is 32.2. The maximum Gasteiger partial charge on any atom is 0.0416 e. The second kappa shape index (κ2) is 4.18. The van der Waals surface area contributed by atoms with Crippen LogP contribution in [-0.2, 0) is 5.75 Å². The summed E-state index contributed by atoms with van der Waals surface area (Å²) < 4.78 is 0. The number of hydrogen-bond donors (Lipinski definition) is 1. The van der Waals surface area contributed by atoms with Gasteiger partial charge in [-0.15, -0.1) is 0 Å². The summed E-state index contributed by atoms with van der Waals surface area (Å²) in [4.78, 5) is 0. The molecule has 0 aliphatic carbocycles. The van der Waals surface area contributed by atoms with E-state index >= 15 is 0 Å². The third-order valence-corrected chi connectivity index (χ3v) is 4.50. The van der Waals surface area contributed by atoms with Crippen LogP contribution in [0.25, 0.3) is 0 Å². The maximum absolute atomic E-state index is 6.24. The molecule has 82 valence electrons. The molecule has 0 spiro atoms. The Labute approximate surface area is 96.4 Å². The number of rotatable bonds is 1. The molecule has 1 nitrogen and oxygen atoms in total. The van der Waals surface area contributed by atoms with Gasteiger partial charge in [0.05, 0.1) is 0 Å². The highest BCUT2D eigenvalue weighted by molar-refractivity contribution is 7.99. The summed E-state index contributed by atoms with van der Waals surface area (Å²) in [7, 11) is 0. The van der Waals surface area contributed by atoms with Gasteiger partial charge < -0.3 is 5.73 Å². The van der Waals surface area contributed by atoms with Gasteiger partial charge in [0.25, 0.3) is 0 Å². The van der Waals surface area contributed by atoms with E-state index in [0.717, 1.165) is 5.75 Å². The van der Waals surface area contributed by atoms with Crippen LogP contribution in [0.1, 0.15) is 49.4 Å². The lowest BCUT2D eigenvalue weighted by molar-refractivity contribution is 0.694. The molecular weight excluding hydrogens is 202 g/mol. The zero-order valence-electron chi connectivity index (χ0n) is 9.66. The fourth-order valence-electron chi connectivity index (χ4n) is 1.99. The predicted molar refractivity (Wildman–Crippen MR) is 68.2 cm³/mol. The quantitative estimate of drug-likeness (QED) is 0.786. The van der Waals surface area contributed by atoms with Crippen molar-refractivity contribution in [2.45, 2.75) is 43.7 Å². The van der Waals surface area contributed by atoms with Crippen LogP contribution >= 0.6 is 11.8 Å². The third kappa shape index (κ3) is 2.06. The van der Waals surface area contributed by atoms with E-state index in [4.69, 9.17) is 5.73 Å². The van der Waals surface area contributed by atoms with Gasteiger partial charge in [-0.05, 0) is 22.6 Å². The lowest BCUT2D eigenvalue weighted by atomic mass is 9.93. The number of benzene rings is 1. The van der Waals surface area contributed by atoms with E-state index in [0.29, 0.717) is 11.2 Å². The van der Waals surface area contributed by atoms with E-state index in [9.17, 15) is 0 Å². The van der Waals surface area contributed by atoms with Crippen molar-refractivity contribution in [3.63, 3.8) is 0 Å². The summed E-state index contributed by atoms with van der Waals surface area (Å²) in [6, 6.07) is 7.01. The minimum absolute atomic E-state index is 0.206. The van der Waals surface area contributed by atoms with Crippen molar-refractivity contribution in [3.05, 3.63) is 34.9 Å². The van der Waals surface area contributed by atoms with Gasteiger partial charge in [-0.3, -0.25) is 0 Å². The number of hydrogen-bond acceptors (Lipinski definition) is 2. The topological polar surface area (TPSA) is 26.0 Å². The molecule has 0 bridgehead atoms. The molecule has 0 fully saturated rings. The third-order valence-electron chi connectivity index (χ3n) is 3.20. The van der Waals surface area contributed by atoms with Crippen molar-refractivity contribution < 1.29 is 0 Å². The van der Waals surface area contributed by atoms with Crippen LogP contribution in [0.3, 0.4) is 0 Å². The summed E-state index contributed by atoms with van der Waals surface area (Å²) in [5, 5.41) is 0.542. The standard InChI is InChI=1S/C13H19NS/c1-8(2)10-4-5-11-7-15-9(3)13(14)12(11)6-10/h4-6,8-9,13H,7,14H2,1-3H3. The van der Waals surface area contributed by atoms with Crippen molar-refractivity contribution in [3.8, 4) is 0 Å². The Kier molecular flexibility index (Phi) is 3.08. The zero-order valence-corrected chi connectivity index (χ0v) is 10.5. The molecule has 15 heavy (non-hydrogen) atoms. The van der Waals surface area contributed by atoms with Gasteiger partial charge in [-0.2, -0.15) is 11.8 Å². The minimum Gasteiger partial charge on any atom is -0.323 e. The van der Waals surface area contributed by atoms with Crippen LogP contribution in [-0.4, -0.2) is 5.25 Å². The monoisotopic (exact) mass is 221 g/mol. The lowest BCUT2D eigenvalue weighted by Gasteiger charge is -2.28. The smallest absolute Gasteiger partial charge is 0.0416 e. The molecule has 1 aliphatic heterocycles. The van der Waals surface area contributed by atoms with Crippen molar-refractivity contribution in [1.82, 2.24) is 0 Å². The van der Waals surface area contributed by atoms with Crippen molar-refractivity contribution in [2.24, 2.45) is 5.73 Å². The Hall–Kier alpha value is -0.470. The predicted octanol–water partition coefficient (Wildman–Crippen LogP) is 3.45. The van der Waals surface area contributed by atoms with Gasteiger partial charge in [0, 0.05) is 17.0 Å². The summed E-state index contributed by atoms with van der Waals surface area (Å²) in [5.41, 5.74) is 10.4. The average Bonchev–Trinajstić information content (AvgIpc) is 2.23. The fourth-order valence-corrected chi connectivity index (χ4v) is 3.05. The van der Waals surface area contributed by atoms with Gasteiger partial charge in [-0.25, -0.2) is 0 Å². The van der Waals surface area contributed by atoms with Gasteiger partial charge in [0.1, 0.15) is 0 Å². The minimum atomic E-state index is 0.206. The Morgan fingerprint density at radius 2 is 2.13 bits per heavy atom. The van der Waals surface area contributed by atoms with Crippen molar-refractivity contribution in [2.75, 3.05) is 0 Å². The normalized spacial score (nSPS) is 25.4. The molecule has 1 aromatic carbocycles. The molecule has 0 radical (unpaired) electrons. The molecule has 0 saturated carbocycles. The molecule has 2 heteroatoms. The van der Waals surface area contributed by atoms with E-state index in [1.165, 1.54) is 16.7 Å². The highest BCUT2D eigenvalue weighted by Crippen LogP contribution is 2.37. The maximum atomic E-state index is 6.24. The van der Waals surface area contributed by atoms with E-state index in [-0.39, 0.29) is 6.04 Å². The largest absolute Gasteiger partial charge is 0.323 e. The van der Waals surface area contributed by atoms with Crippen LogP contribution in [0.2, 0.25) is 0 Å². The van der Waals surface area contributed by atoms with Gasteiger partial charge in [0.2, 0.25) is 0 Å². The first-order valence-corrected chi connectivity index (χ1v) is 6.64. The highest BCUT2D eigenvalue weighted by Gasteiger charge is 2.24. The van der Waals surface area contributed by atoms with Crippen molar-refractivity contribution >= 4 is 11.8 Å². The molecule has 2 N–H and O–H groups in total. The van der Waals surface area contributed by atoms with Gasteiger partial charge in [0.15, 0.2) is 0 Å².